The first-order chi connectivity index (χ1) is 8.41. The topological polar surface area (TPSA) is 84.0 Å². The maximum Gasteiger partial charge on any atom is 0.272 e. The van der Waals surface area contributed by atoms with E-state index in [0.717, 1.165) is 0 Å². The summed E-state index contributed by atoms with van der Waals surface area (Å²) in [5.74, 6) is -0.793. The van der Waals surface area contributed by atoms with Gasteiger partial charge in [-0.2, -0.15) is 0 Å². The Balaban J connectivity index is 2.99. The number of hydrogen-bond acceptors (Lipinski definition) is 4. The second-order valence-electron chi connectivity index (χ2n) is 4.51. The molecule has 0 saturated heterocycles. The molecule has 2 N–H and O–H groups in total. The Bertz CT molecular complexity index is 402. The van der Waals surface area contributed by atoms with Gasteiger partial charge >= 0.3 is 0 Å². The highest BCUT2D eigenvalue weighted by Gasteiger charge is 2.20. The Morgan fingerprint density at radius 2 is 1.22 bits per heavy atom. The van der Waals surface area contributed by atoms with Gasteiger partial charge in [0, 0.05) is 24.5 Å². The van der Waals surface area contributed by atoms with Crippen molar-refractivity contribution in [3.8, 4) is 0 Å². The summed E-state index contributed by atoms with van der Waals surface area (Å²) < 4.78 is 0. The Morgan fingerprint density at radius 1 is 0.889 bits per heavy atom. The number of carbonyl (C=O) groups excluding carboxylic acids is 2. The second kappa shape index (κ2) is 6.09. The van der Waals surface area contributed by atoms with Crippen molar-refractivity contribution in [2.24, 2.45) is 0 Å². The zero-order valence-electron chi connectivity index (χ0n) is 11.0. The van der Waals surface area contributed by atoms with E-state index in [-0.39, 0.29) is 23.5 Å². The molecule has 6 nitrogen and oxygen atoms in total. The van der Waals surface area contributed by atoms with Crippen LogP contribution in [0.4, 0.5) is 0 Å². The van der Waals surface area contributed by atoms with E-state index in [4.69, 9.17) is 0 Å². The molecule has 0 aliphatic heterocycles. The van der Waals surface area contributed by atoms with E-state index < -0.39 is 11.8 Å². The number of nitrogens with zero attached hydrogens (tertiary/aromatic N) is 2. The molecule has 0 unspecified atom stereocenters. The smallest absolute Gasteiger partial charge is 0.272 e. The number of amides is 2. The number of carbonyl (C=O) groups is 2. The van der Waals surface area contributed by atoms with E-state index in [9.17, 15) is 9.59 Å². The number of rotatable bonds is 4. The summed E-state index contributed by atoms with van der Waals surface area (Å²) in [4.78, 5) is 31.6. The summed E-state index contributed by atoms with van der Waals surface area (Å²) in [7, 11) is 0. The SMILES string of the molecule is CC(C)NC(=O)c1nccnc1C(=O)NC(C)C. The first-order valence-electron chi connectivity index (χ1n) is 5.84. The third-order valence-electron chi connectivity index (χ3n) is 1.97. The maximum absolute atomic E-state index is 11.9. The fourth-order valence-electron chi connectivity index (χ4n) is 1.33. The van der Waals surface area contributed by atoms with Crippen LogP contribution in [0.2, 0.25) is 0 Å². The molecular weight excluding hydrogens is 232 g/mol. The van der Waals surface area contributed by atoms with Crippen LogP contribution in [0.5, 0.6) is 0 Å². The minimum Gasteiger partial charge on any atom is -0.348 e. The van der Waals surface area contributed by atoms with E-state index in [0.29, 0.717) is 0 Å². The molecule has 0 atom stereocenters. The van der Waals surface area contributed by atoms with Crippen molar-refractivity contribution in [2.45, 2.75) is 39.8 Å². The van der Waals surface area contributed by atoms with Crippen LogP contribution in [0.1, 0.15) is 48.7 Å². The van der Waals surface area contributed by atoms with Gasteiger partial charge in [-0.15, -0.1) is 0 Å². The van der Waals surface area contributed by atoms with Crippen LogP contribution in [0.3, 0.4) is 0 Å². The van der Waals surface area contributed by atoms with Gasteiger partial charge in [-0.3, -0.25) is 9.59 Å². The molecule has 1 aromatic rings. The predicted octanol–water partition coefficient (Wildman–Crippen LogP) is 0.753. The average Bonchev–Trinajstić information content (AvgIpc) is 2.27. The van der Waals surface area contributed by atoms with E-state index in [2.05, 4.69) is 20.6 Å². The molecule has 0 aliphatic carbocycles. The molecule has 18 heavy (non-hydrogen) atoms. The minimum absolute atomic E-state index is 0.0273. The van der Waals surface area contributed by atoms with Gasteiger partial charge < -0.3 is 10.6 Å². The fraction of sp³-hybridized carbons (Fsp3) is 0.500. The van der Waals surface area contributed by atoms with E-state index in [1.54, 1.807) is 0 Å². The average molecular weight is 250 g/mol. The number of hydrogen-bond donors (Lipinski definition) is 2. The van der Waals surface area contributed by atoms with Crippen LogP contribution < -0.4 is 10.6 Å². The van der Waals surface area contributed by atoms with Gasteiger partial charge in [0.25, 0.3) is 11.8 Å². The van der Waals surface area contributed by atoms with Crippen LogP contribution in [0.25, 0.3) is 0 Å². The molecule has 0 fully saturated rings. The largest absolute Gasteiger partial charge is 0.348 e. The van der Waals surface area contributed by atoms with Crippen LogP contribution in [-0.2, 0) is 0 Å². The van der Waals surface area contributed by atoms with Gasteiger partial charge in [0.05, 0.1) is 0 Å². The van der Waals surface area contributed by atoms with E-state index in [1.807, 2.05) is 27.7 Å². The molecule has 0 aliphatic rings. The standard InChI is InChI=1S/C12H18N4O2/c1-7(2)15-11(17)9-10(14-6-5-13-9)12(18)16-8(3)4/h5-8H,1-4H3,(H,15,17)(H,16,18). The first kappa shape index (κ1) is 14.1. The van der Waals surface area contributed by atoms with Crippen molar-refractivity contribution in [3.05, 3.63) is 23.8 Å². The Kier molecular flexibility index (Phi) is 4.76. The van der Waals surface area contributed by atoms with E-state index in [1.165, 1.54) is 12.4 Å². The lowest BCUT2D eigenvalue weighted by molar-refractivity contribution is 0.0899. The van der Waals surface area contributed by atoms with Gasteiger partial charge in [-0.05, 0) is 27.7 Å². The normalized spacial score (nSPS) is 10.6. The third-order valence-corrected chi connectivity index (χ3v) is 1.97. The minimum atomic E-state index is -0.396. The molecule has 0 radical (unpaired) electrons. The lowest BCUT2D eigenvalue weighted by atomic mass is 10.2. The summed E-state index contributed by atoms with van der Waals surface area (Å²) in [5, 5.41) is 5.37. The summed E-state index contributed by atoms with van der Waals surface area (Å²) in [5.41, 5.74) is 0.0914. The highest BCUT2D eigenvalue weighted by atomic mass is 16.2. The van der Waals surface area contributed by atoms with Gasteiger partial charge in [-0.25, -0.2) is 9.97 Å². The highest BCUT2D eigenvalue weighted by molar-refractivity contribution is 6.04. The van der Waals surface area contributed by atoms with Crippen molar-refractivity contribution >= 4 is 11.8 Å². The Hall–Kier alpha value is -1.98. The molecule has 0 saturated carbocycles. The summed E-state index contributed by atoms with van der Waals surface area (Å²) >= 11 is 0. The van der Waals surface area contributed by atoms with Crippen LogP contribution in [0.15, 0.2) is 12.4 Å². The molecule has 6 heteroatoms. The van der Waals surface area contributed by atoms with Crippen molar-refractivity contribution in [3.63, 3.8) is 0 Å². The first-order valence-corrected chi connectivity index (χ1v) is 5.84. The monoisotopic (exact) mass is 250 g/mol. The van der Waals surface area contributed by atoms with Gasteiger partial charge in [0.15, 0.2) is 11.4 Å². The van der Waals surface area contributed by atoms with Crippen molar-refractivity contribution in [1.82, 2.24) is 20.6 Å². The summed E-state index contributed by atoms with van der Waals surface area (Å²) in [6.07, 6.45) is 2.78. The number of aromatic nitrogens is 2. The molecule has 98 valence electrons. The van der Waals surface area contributed by atoms with Gasteiger partial charge in [-0.1, -0.05) is 0 Å². The second-order valence-corrected chi connectivity index (χ2v) is 4.51. The lowest BCUT2D eigenvalue weighted by Gasteiger charge is -2.12. The molecule has 0 aromatic carbocycles. The predicted molar refractivity (Wildman–Crippen MR) is 67.2 cm³/mol. The lowest BCUT2D eigenvalue weighted by Crippen LogP contribution is -2.36. The van der Waals surface area contributed by atoms with Crippen LogP contribution >= 0.6 is 0 Å². The van der Waals surface area contributed by atoms with Crippen molar-refractivity contribution < 1.29 is 9.59 Å². The fourth-order valence-corrected chi connectivity index (χ4v) is 1.33. The molecular formula is C12H18N4O2. The van der Waals surface area contributed by atoms with Crippen LogP contribution in [-0.4, -0.2) is 33.9 Å². The molecule has 2 amide bonds. The molecule has 1 aromatic heterocycles. The Labute approximate surface area is 106 Å². The third kappa shape index (κ3) is 3.80. The Morgan fingerprint density at radius 3 is 1.50 bits per heavy atom. The molecule has 0 bridgehead atoms. The zero-order chi connectivity index (χ0) is 13.7. The quantitative estimate of drug-likeness (QED) is 0.826. The summed E-state index contributed by atoms with van der Waals surface area (Å²) in [6.45, 7) is 7.34. The van der Waals surface area contributed by atoms with Gasteiger partial charge in [0.2, 0.25) is 0 Å². The number of nitrogens with one attached hydrogen (secondary N) is 2. The van der Waals surface area contributed by atoms with Crippen molar-refractivity contribution in [2.75, 3.05) is 0 Å². The maximum atomic E-state index is 11.9. The van der Waals surface area contributed by atoms with Gasteiger partial charge in [0.1, 0.15) is 0 Å². The van der Waals surface area contributed by atoms with Crippen molar-refractivity contribution in [1.29, 1.82) is 0 Å². The van der Waals surface area contributed by atoms with Crippen LogP contribution in [0, 0.1) is 0 Å². The zero-order valence-corrected chi connectivity index (χ0v) is 11.0. The summed E-state index contributed by atoms with van der Waals surface area (Å²) in [6, 6.07) is -0.0546. The molecule has 1 heterocycles. The highest BCUT2D eigenvalue weighted by Crippen LogP contribution is 2.03. The van der Waals surface area contributed by atoms with E-state index >= 15 is 0 Å². The molecule has 0 spiro atoms. The molecule has 1 rings (SSSR count).